The van der Waals surface area contributed by atoms with E-state index in [0.717, 1.165) is 17.7 Å². The number of hydrogen-bond donors (Lipinski definition) is 0. The number of ether oxygens (including phenoxy) is 1. The lowest BCUT2D eigenvalue weighted by Gasteiger charge is -2.49. The van der Waals surface area contributed by atoms with Crippen molar-refractivity contribution in [2.45, 2.75) is 45.1 Å². The first kappa shape index (κ1) is 18.2. The monoisotopic (exact) mass is 351 g/mol. The molecule has 0 N–H and O–H groups in total. The Kier molecular flexibility index (Phi) is 4.39. The highest BCUT2D eigenvalue weighted by Gasteiger charge is 2.45. The van der Waals surface area contributed by atoms with Crippen LogP contribution in [0.4, 0.5) is 10.5 Å². The van der Waals surface area contributed by atoms with Crippen molar-refractivity contribution in [1.82, 2.24) is 0 Å². The Balaban J connectivity index is 2.16. The Morgan fingerprint density at radius 3 is 2.23 bits per heavy atom. The number of anilines is 1. The fourth-order valence-corrected chi connectivity index (χ4v) is 4.21. The van der Waals surface area contributed by atoms with Crippen LogP contribution < -0.4 is 4.90 Å². The molecule has 0 unspecified atom stereocenters. The maximum atomic E-state index is 12.9. The van der Waals surface area contributed by atoms with Gasteiger partial charge in [0.1, 0.15) is 0 Å². The Bertz CT molecular complexity index is 853. The molecule has 0 spiro atoms. The number of ketones is 1. The molecule has 2 aromatic carbocycles. The molecule has 0 atom stereocenters. The lowest BCUT2D eigenvalue weighted by Crippen LogP contribution is -2.55. The van der Waals surface area contributed by atoms with Crippen molar-refractivity contribution < 1.29 is 14.3 Å². The fraction of sp³-hybridized carbons (Fsp3) is 0.364. The summed E-state index contributed by atoms with van der Waals surface area (Å²) in [7, 11) is 1.39. The lowest BCUT2D eigenvalue weighted by molar-refractivity contribution is 0.103. The van der Waals surface area contributed by atoms with E-state index in [1.807, 2.05) is 50.2 Å². The molecule has 136 valence electrons. The van der Waals surface area contributed by atoms with Gasteiger partial charge in [-0.1, -0.05) is 56.3 Å². The van der Waals surface area contributed by atoms with Crippen LogP contribution in [0.25, 0.3) is 0 Å². The van der Waals surface area contributed by atoms with Gasteiger partial charge >= 0.3 is 6.09 Å². The van der Waals surface area contributed by atoms with Crippen LogP contribution in [0.15, 0.2) is 48.5 Å². The molecular formula is C22H25NO3. The predicted molar refractivity (Wildman–Crippen MR) is 103 cm³/mol. The standard InChI is InChI=1S/C22H25NO3/c1-21(2)14-22(3,4)23(20(25)26-5)18-13-16(11-12-17(18)21)19(24)15-9-7-6-8-10-15/h6-13H,14H2,1-5H3. The summed E-state index contributed by atoms with van der Waals surface area (Å²) in [4.78, 5) is 27.1. The average Bonchev–Trinajstić information content (AvgIpc) is 2.59. The summed E-state index contributed by atoms with van der Waals surface area (Å²) >= 11 is 0. The van der Waals surface area contributed by atoms with Crippen LogP contribution in [0.5, 0.6) is 0 Å². The van der Waals surface area contributed by atoms with Gasteiger partial charge in [0.15, 0.2) is 5.78 Å². The number of nitrogens with zero attached hydrogens (tertiary/aromatic N) is 1. The highest BCUT2D eigenvalue weighted by molar-refractivity contribution is 6.10. The lowest BCUT2D eigenvalue weighted by atomic mass is 9.70. The van der Waals surface area contributed by atoms with Crippen molar-refractivity contribution in [2.24, 2.45) is 0 Å². The van der Waals surface area contributed by atoms with Gasteiger partial charge in [0, 0.05) is 16.7 Å². The van der Waals surface area contributed by atoms with Crippen LogP contribution in [0.2, 0.25) is 0 Å². The highest BCUT2D eigenvalue weighted by atomic mass is 16.5. The molecule has 26 heavy (non-hydrogen) atoms. The SMILES string of the molecule is COC(=O)N1c2cc(C(=O)c3ccccc3)ccc2C(C)(C)CC1(C)C. The second-order valence-corrected chi connectivity index (χ2v) is 8.11. The molecule has 0 radical (unpaired) electrons. The number of methoxy groups -OCH3 is 1. The third kappa shape index (κ3) is 3.00. The van der Waals surface area contributed by atoms with Crippen molar-refractivity contribution in [1.29, 1.82) is 0 Å². The smallest absolute Gasteiger partial charge is 0.414 e. The summed E-state index contributed by atoms with van der Waals surface area (Å²) in [5.41, 5.74) is 2.46. The van der Waals surface area contributed by atoms with Gasteiger partial charge in [-0.15, -0.1) is 0 Å². The number of fused-ring (bicyclic) bond motifs is 1. The first-order chi connectivity index (χ1) is 12.2. The number of benzene rings is 2. The molecule has 0 saturated carbocycles. The molecular weight excluding hydrogens is 326 g/mol. The van der Waals surface area contributed by atoms with E-state index in [4.69, 9.17) is 4.74 Å². The molecule has 2 aromatic rings. The zero-order valence-corrected chi connectivity index (χ0v) is 16.0. The molecule has 0 aliphatic carbocycles. The summed E-state index contributed by atoms with van der Waals surface area (Å²) in [6.07, 6.45) is 0.393. The van der Waals surface area contributed by atoms with Crippen molar-refractivity contribution in [3.8, 4) is 0 Å². The Morgan fingerprint density at radius 1 is 0.962 bits per heavy atom. The van der Waals surface area contributed by atoms with Gasteiger partial charge in [-0.25, -0.2) is 4.79 Å². The van der Waals surface area contributed by atoms with Crippen LogP contribution in [0.1, 0.15) is 55.6 Å². The maximum absolute atomic E-state index is 12.9. The molecule has 1 aliphatic heterocycles. The second kappa shape index (κ2) is 6.27. The van der Waals surface area contributed by atoms with Gasteiger partial charge < -0.3 is 4.74 Å². The van der Waals surface area contributed by atoms with Gasteiger partial charge in [-0.3, -0.25) is 9.69 Å². The van der Waals surface area contributed by atoms with Crippen LogP contribution in [-0.2, 0) is 10.2 Å². The average molecular weight is 351 g/mol. The van der Waals surface area contributed by atoms with Crippen LogP contribution in [0.3, 0.4) is 0 Å². The second-order valence-electron chi connectivity index (χ2n) is 8.11. The molecule has 1 aliphatic rings. The van der Waals surface area contributed by atoms with Crippen molar-refractivity contribution in [2.75, 3.05) is 12.0 Å². The zero-order valence-electron chi connectivity index (χ0n) is 16.0. The van der Waals surface area contributed by atoms with E-state index >= 15 is 0 Å². The summed E-state index contributed by atoms with van der Waals surface area (Å²) in [6, 6.07) is 14.8. The Morgan fingerprint density at radius 2 is 1.62 bits per heavy atom. The Labute approximate surface area is 154 Å². The normalized spacial score (nSPS) is 17.3. The van der Waals surface area contributed by atoms with Crippen LogP contribution in [-0.4, -0.2) is 24.5 Å². The molecule has 0 saturated heterocycles. The maximum Gasteiger partial charge on any atom is 0.414 e. The minimum absolute atomic E-state index is 0.0561. The minimum atomic E-state index is -0.419. The molecule has 4 nitrogen and oxygen atoms in total. The summed E-state index contributed by atoms with van der Waals surface area (Å²) < 4.78 is 5.04. The van der Waals surface area contributed by atoms with Gasteiger partial charge in [-0.2, -0.15) is 0 Å². The number of carbonyl (C=O) groups is 2. The minimum Gasteiger partial charge on any atom is -0.452 e. The molecule has 0 fully saturated rings. The van der Waals surface area contributed by atoms with Gasteiger partial charge in [0.25, 0.3) is 0 Å². The van der Waals surface area contributed by atoms with E-state index in [9.17, 15) is 9.59 Å². The molecule has 1 heterocycles. The first-order valence-corrected chi connectivity index (χ1v) is 8.80. The number of amides is 1. The molecule has 0 aromatic heterocycles. The van der Waals surface area contributed by atoms with Crippen molar-refractivity contribution in [3.63, 3.8) is 0 Å². The van der Waals surface area contributed by atoms with Crippen LogP contribution >= 0.6 is 0 Å². The summed E-state index contributed by atoms with van der Waals surface area (Å²) in [6.45, 7) is 8.39. The van der Waals surface area contributed by atoms with Crippen molar-refractivity contribution >= 4 is 17.6 Å². The zero-order chi connectivity index (χ0) is 19.1. The summed E-state index contributed by atoms with van der Waals surface area (Å²) in [5, 5.41) is 0. The van der Waals surface area contributed by atoms with Gasteiger partial charge in [0.2, 0.25) is 0 Å². The molecule has 0 bridgehead atoms. The predicted octanol–water partition coefficient (Wildman–Crippen LogP) is 4.95. The van der Waals surface area contributed by atoms with E-state index in [-0.39, 0.29) is 11.2 Å². The highest BCUT2D eigenvalue weighted by Crippen LogP contribution is 2.47. The number of hydrogen-bond acceptors (Lipinski definition) is 3. The molecule has 4 heteroatoms. The third-order valence-corrected chi connectivity index (χ3v) is 5.10. The van der Waals surface area contributed by atoms with E-state index < -0.39 is 11.6 Å². The van der Waals surface area contributed by atoms with E-state index in [2.05, 4.69) is 13.8 Å². The number of rotatable bonds is 2. The quantitative estimate of drug-likeness (QED) is 0.719. The largest absolute Gasteiger partial charge is 0.452 e. The van der Waals surface area contributed by atoms with Crippen molar-refractivity contribution in [3.05, 3.63) is 65.2 Å². The van der Waals surface area contributed by atoms with Gasteiger partial charge in [0.05, 0.1) is 12.8 Å². The van der Waals surface area contributed by atoms with E-state index in [1.165, 1.54) is 7.11 Å². The van der Waals surface area contributed by atoms with E-state index in [0.29, 0.717) is 11.1 Å². The molecule has 3 rings (SSSR count). The Hall–Kier alpha value is -2.62. The van der Waals surface area contributed by atoms with Gasteiger partial charge in [-0.05, 0) is 37.3 Å². The summed E-state index contributed by atoms with van der Waals surface area (Å²) in [5.74, 6) is -0.0561. The van der Waals surface area contributed by atoms with E-state index in [1.54, 1.807) is 17.0 Å². The third-order valence-electron chi connectivity index (χ3n) is 5.10. The fourth-order valence-electron chi connectivity index (χ4n) is 4.21. The molecule has 1 amide bonds. The van der Waals surface area contributed by atoms with Crippen LogP contribution in [0, 0.1) is 0 Å². The number of carbonyl (C=O) groups excluding carboxylic acids is 2. The first-order valence-electron chi connectivity index (χ1n) is 8.80. The topological polar surface area (TPSA) is 46.6 Å².